The molecule has 156 valence electrons. The number of halogens is 3. The minimum atomic E-state index is -4.55. The van der Waals surface area contributed by atoms with Gasteiger partial charge in [0.1, 0.15) is 12.0 Å². The summed E-state index contributed by atoms with van der Waals surface area (Å²) in [5.41, 5.74) is 5.63. The van der Waals surface area contributed by atoms with E-state index in [1.54, 1.807) is 31.2 Å². The molecule has 30 heavy (non-hydrogen) atoms. The molecular formula is C20H18F3N5O2. The summed E-state index contributed by atoms with van der Waals surface area (Å²) in [4.78, 5) is 20.1. The van der Waals surface area contributed by atoms with E-state index in [1.165, 1.54) is 18.2 Å². The zero-order valence-electron chi connectivity index (χ0n) is 15.8. The number of hydrogen-bond donors (Lipinski definition) is 3. The minimum Gasteiger partial charge on any atom is -0.462 e. The summed E-state index contributed by atoms with van der Waals surface area (Å²) in [7, 11) is 0. The van der Waals surface area contributed by atoms with Crippen LogP contribution in [0.15, 0.2) is 54.9 Å². The average Bonchev–Trinajstić information content (AvgIpc) is 2.71. The van der Waals surface area contributed by atoms with Crippen molar-refractivity contribution in [2.45, 2.75) is 13.1 Å². The van der Waals surface area contributed by atoms with Crippen molar-refractivity contribution >= 4 is 34.7 Å². The van der Waals surface area contributed by atoms with Gasteiger partial charge in [-0.15, -0.1) is 0 Å². The van der Waals surface area contributed by atoms with Crippen molar-refractivity contribution in [2.24, 2.45) is 0 Å². The van der Waals surface area contributed by atoms with Crippen LogP contribution in [0.25, 0.3) is 0 Å². The molecule has 7 nitrogen and oxygen atoms in total. The third-order valence-corrected chi connectivity index (χ3v) is 4.04. The van der Waals surface area contributed by atoms with Crippen LogP contribution in [-0.4, -0.2) is 22.5 Å². The van der Waals surface area contributed by atoms with Gasteiger partial charge in [-0.1, -0.05) is 24.3 Å². The highest BCUT2D eigenvalue weighted by molar-refractivity contribution is 5.97. The van der Waals surface area contributed by atoms with Crippen LogP contribution in [0.1, 0.15) is 22.8 Å². The van der Waals surface area contributed by atoms with Crippen LogP contribution in [0.2, 0.25) is 0 Å². The third kappa shape index (κ3) is 4.59. The Morgan fingerprint density at radius 1 is 1.00 bits per heavy atom. The van der Waals surface area contributed by atoms with Crippen molar-refractivity contribution in [3.05, 3.63) is 66.0 Å². The molecule has 0 bridgehead atoms. The van der Waals surface area contributed by atoms with Crippen LogP contribution in [-0.2, 0) is 10.9 Å². The Morgan fingerprint density at radius 3 is 2.20 bits per heavy atom. The van der Waals surface area contributed by atoms with Crippen molar-refractivity contribution < 1.29 is 22.7 Å². The van der Waals surface area contributed by atoms with E-state index in [-0.39, 0.29) is 35.2 Å². The molecule has 3 aromatic rings. The Balaban J connectivity index is 1.92. The van der Waals surface area contributed by atoms with Gasteiger partial charge >= 0.3 is 12.1 Å². The molecule has 0 saturated carbocycles. The number of nitrogen functional groups attached to an aromatic ring is 1. The van der Waals surface area contributed by atoms with E-state index in [0.717, 1.165) is 12.4 Å². The first kappa shape index (κ1) is 20.9. The van der Waals surface area contributed by atoms with Crippen LogP contribution >= 0.6 is 0 Å². The van der Waals surface area contributed by atoms with Crippen molar-refractivity contribution in [1.29, 1.82) is 0 Å². The number of esters is 1. The number of nitrogens with two attached hydrogens (primary N) is 1. The maximum Gasteiger partial charge on any atom is 0.418 e. The van der Waals surface area contributed by atoms with E-state index >= 15 is 0 Å². The van der Waals surface area contributed by atoms with Gasteiger partial charge < -0.3 is 21.1 Å². The highest BCUT2D eigenvalue weighted by atomic mass is 19.4. The monoisotopic (exact) mass is 417 g/mol. The zero-order chi connectivity index (χ0) is 21.7. The molecular weight excluding hydrogens is 399 g/mol. The lowest BCUT2D eigenvalue weighted by Gasteiger charge is -2.16. The van der Waals surface area contributed by atoms with Crippen molar-refractivity contribution in [3.63, 3.8) is 0 Å². The Labute approximate surface area is 170 Å². The quantitative estimate of drug-likeness (QED) is 0.498. The number of nitrogens with zero attached hydrogens (tertiary/aromatic N) is 2. The molecule has 2 aromatic carbocycles. The lowest BCUT2D eigenvalue weighted by molar-refractivity contribution is -0.136. The molecule has 10 heteroatoms. The normalized spacial score (nSPS) is 11.1. The van der Waals surface area contributed by atoms with E-state index in [4.69, 9.17) is 10.5 Å². The number of alkyl halides is 3. The van der Waals surface area contributed by atoms with E-state index in [2.05, 4.69) is 20.6 Å². The fourth-order valence-corrected chi connectivity index (χ4v) is 2.67. The molecule has 0 spiro atoms. The fraction of sp³-hybridized carbons (Fsp3) is 0.150. The van der Waals surface area contributed by atoms with E-state index in [0.29, 0.717) is 5.69 Å². The topological polar surface area (TPSA) is 102 Å². The van der Waals surface area contributed by atoms with Gasteiger partial charge in [0.15, 0.2) is 11.6 Å². The van der Waals surface area contributed by atoms with Gasteiger partial charge in [0.25, 0.3) is 0 Å². The molecule has 0 aliphatic carbocycles. The molecule has 1 aromatic heterocycles. The summed E-state index contributed by atoms with van der Waals surface area (Å²) < 4.78 is 44.7. The lowest BCUT2D eigenvalue weighted by Crippen LogP contribution is -2.11. The van der Waals surface area contributed by atoms with Crippen LogP contribution in [0.5, 0.6) is 0 Å². The second-order valence-corrected chi connectivity index (χ2v) is 6.04. The van der Waals surface area contributed by atoms with Gasteiger partial charge in [0.05, 0.1) is 29.1 Å². The van der Waals surface area contributed by atoms with Gasteiger partial charge in [-0.2, -0.15) is 13.2 Å². The SMILES string of the molecule is CCOC(=O)c1ccccc1Nc1ncnc(Nc2ccccc2C(F)(F)F)c1N. The molecule has 0 saturated heterocycles. The van der Waals surface area contributed by atoms with Crippen LogP contribution in [0.3, 0.4) is 0 Å². The Bertz CT molecular complexity index is 1060. The summed E-state index contributed by atoms with van der Waals surface area (Å²) in [6, 6.07) is 11.5. The summed E-state index contributed by atoms with van der Waals surface area (Å²) in [6.45, 7) is 1.89. The molecule has 0 unspecified atom stereocenters. The Hall–Kier alpha value is -3.82. The molecule has 0 radical (unpaired) electrons. The van der Waals surface area contributed by atoms with Gasteiger partial charge in [0.2, 0.25) is 0 Å². The predicted octanol–water partition coefficient (Wildman–Crippen LogP) is 4.74. The number of para-hydroxylation sites is 2. The number of nitrogens with one attached hydrogen (secondary N) is 2. The summed E-state index contributed by atoms with van der Waals surface area (Å²) >= 11 is 0. The second-order valence-electron chi connectivity index (χ2n) is 6.04. The number of aromatic nitrogens is 2. The van der Waals surface area contributed by atoms with Gasteiger partial charge in [-0.05, 0) is 31.2 Å². The van der Waals surface area contributed by atoms with Crippen molar-refractivity contribution in [1.82, 2.24) is 9.97 Å². The maximum atomic E-state index is 13.2. The summed E-state index contributed by atoms with van der Waals surface area (Å²) in [5.74, 6) is -0.433. The maximum absolute atomic E-state index is 13.2. The van der Waals surface area contributed by atoms with Crippen LogP contribution in [0, 0.1) is 0 Å². The molecule has 0 atom stereocenters. The number of carbonyl (C=O) groups excluding carboxylic acids is 1. The number of benzene rings is 2. The molecule has 0 amide bonds. The molecule has 0 fully saturated rings. The standard InChI is InChI=1S/C20H18F3N5O2/c1-2-30-19(29)12-7-3-5-9-14(12)27-17-16(24)18(26-11-25-17)28-15-10-6-4-8-13(15)20(21,22)23/h3-11H,2,24H2,1H3,(H2,25,26,27,28). The van der Waals surface area contributed by atoms with Gasteiger partial charge in [-0.25, -0.2) is 14.8 Å². The van der Waals surface area contributed by atoms with E-state index in [1.807, 2.05) is 0 Å². The summed E-state index contributed by atoms with van der Waals surface area (Å²) in [6.07, 6.45) is -3.41. The first-order chi connectivity index (χ1) is 14.3. The molecule has 4 N–H and O–H groups in total. The third-order valence-electron chi connectivity index (χ3n) is 4.04. The Kier molecular flexibility index (Phi) is 6.05. The van der Waals surface area contributed by atoms with Crippen molar-refractivity contribution in [3.8, 4) is 0 Å². The van der Waals surface area contributed by atoms with Crippen LogP contribution in [0.4, 0.5) is 41.9 Å². The highest BCUT2D eigenvalue weighted by Crippen LogP contribution is 2.37. The largest absolute Gasteiger partial charge is 0.462 e. The summed E-state index contributed by atoms with van der Waals surface area (Å²) in [5, 5.41) is 5.52. The first-order valence-corrected chi connectivity index (χ1v) is 8.88. The number of rotatable bonds is 6. The smallest absolute Gasteiger partial charge is 0.418 e. The van der Waals surface area contributed by atoms with Gasteiger partial charge in [-0.3, -0.25) is 0 Å². The zero-order valence-corrected chi connectivity index (χ0v) is 15.8. The highest BCUT2D eigenvalue weighted by Gasteiger charge is 2.33. The van der Waals surface area contributed by atoms with E-state index in [9.17, 15) is 18.0 Å². The second kappa shape index (κ2) is 8.68. The predicted molar refractivity (Wildman–Crippen MR) is 107 cm³/mol. The van der Waals surface area contributed by atoms with Crippen molar-refractivity contribution in [2.75, 3.05) is 23.0 Å². The number of anilines is 5. The van der Waals surface area contributed by atoms with E-state index < -0.39 is 17.7 Å². The fourth-order valence-electron chi connectivity index (χ4n) is 2.67. The molecule has 0 aliphatic heterocycles. The molecule has 0 aliphatic rings. The van der Waals surface area contributed by atoms with Gasteiger partial charge in [0, 0.05) is 0 Å². The first-order valence-electron chi connectivity index (χ1n) is 8.88. The molecule has 3 rings (SSSR count). The molecule has 1 heterocycles. The average molecular weight is 417 g/mol. The number of hydrogen-bond acceptors (Lipinski definition) is 7. The number of ether oxygens (including phenoxy) is 1. The van der Waals surface area contributed by atoms with Crippen LogP contribution < -0.4 is 16.4 Å². The minimum absolute atomic E-state index is 0.0159. The lowest BCUT2D eigenvalue weighted by atomic mass is 10.1. The number of carbonyl (C=O) groups is 1. The Morgan fingerprint density at radius 2 is 1.57 bits per heavy atom.